The molecule has 1 fully saturated rings. The second-order valence-electron chi connectivity index (χ2n) is 16.5. The van der Waals surface area contributed by atoms with Crippen molar-refractivity contribution in [2.75, 3.05) is 20.1 Å². The number of fused-ring (bicyclic) bond motifs is 10. The van der Waals surface area contributed by atoms with Crippen molar-refractivity contribution in [3.8, 4) is 11.5 Å². The van der Waals surface area contributed by atoms with E-state index in [0.717, 1.165) is 79.1 Å². The van der Waals surface area contributed by atoms with Crippen LogP contribution >= 0.6 is 0 Å². The Morgan fingerprint density at radius 3 is 1.70 bits per heavy atom. The lowest BCUT2D eigenvalue weighted by molar-refractivity contribution is 0.100. The molecule has 3 aliphatic rings. The molecular weight excluding hydrogens is 697 g/mol. The van der Waals surface area contributed by atoms with Crippen LogP contribution in [0.1, 0.15) is 103 Å². The number of Topliss-reactive ketones (excluding diaryl/α,β-unsaturated/α-hetero) is 2. The Morgan fingerprint density at radius 2 is 1.25 bits per heavy atom. The van der Waals surface area contributed by atoms with E-state index in [2.05, 4.69) is 77.7 Å². The number of likely N-dealkylation sites (tertiary alicyclic amines) is 1. The van der Waals surface area contributed by atoms with Crippen LogP contribution in [-0.2, 0) is 25.9 Å². The standard InChI is InChI=1S/C25H28N2O2.C23H26N2O2/c1-15-6-7-19-18(15)8-9-22-25(19)21-13-20(16(2)28)24(29)14-23(21)27(22)12-10-17-5-4-11-26(17)3;1-13(2)24-9-10-25-20-8-7-16-14(3)5-6-17(16)23(20)19-11-18(15(4)26)22(27)12-21(19)25/h8-9,13-14,17,29H,1,4-7,10-12H2,2-3H3;7-8,11-13,24,27H,3,5-6,9-10H2,1-2,4H3. The third-order valence-electron chi connectivity index (χ3n) is 12.6. The number of aromatic hydroxyl groups is 2. The summed E-state index contributed by atoms with van der Waals surface area (Å²) < 4.78 is 4.60. The van der Waals surface area contributed by atoms with Gasteiger partial charge in [-0.15, -0.1) is 0 Å². The van der Waals surface area contributed by atoms with Gasteiger partial charge in [0.15, 0.2) is 11.6 Å². The minimum Gasteiger partial charge on any atom is -0.507 e. The Hall–Kier alpha value is -5.18. The number of rotatable bonds is 9. The molecule has 8 nitrogen and oxygen atoms in total. The number of carbonyl (C=O) groups excluding carboxylic acids is 2. The van der Waals surface area contributed by atoms with E-state index in [1.807, 2.05) is 12.1 Å². The molecular formula is C48H54N4O4. The average Bonchev–Trinajstić information content (AvgIpc) is 3.97. The van der Waals surface area contributed by atoms with Crippen molar-refractivity contribution in [3.05, 3.63) is 95.1 Å². The first-order valence-electron chi connectivity index (χ1n) is 20.3. The summed E-state index contributed by atoms with van der Waals surface area (Å²) in [5.74, 6) is -0.0892. The number of nitrogens with one attached hydrogen (secondary N) is 1. The molecule has 3 heterocycles. The van der Waals surface area contributed by atoms with Crippen LogP contribution in [0.15, 0.2) is 61.7 Å². The van der Waals surface area contributed by atoms with Crippen LogP contribution in [-0.4, -0.2) is 68.0 Å². The van der Waals surface area contributed by atoms with E-state index in [1.54, 1.807) is 12.1 Å². The minimum atomic E-state index is -0.117. The maximum absolute atomic E-state index is 12.1. The molecule has 1 saturated heterocycles. The largest absolute Gasteiger partial charge is 0.507 e. The smallest absolute Gasteiger partial charge is 0.163 e. The van der Waals surface area contributed by atoms with Crippen molar-refractivity contribution in [3.63, 3.8) is 0 Å². The quantitative estimate of drug-likeness (QED) is 0.127. The fourth-order valence-corrected chi connectivity index (χ4v) is 9.72. The second-order valence-corrected chi connectivity index (χ2v) is 16.5. The highest BCUT2D eigenvalue weighted by Crippen LogP contribution is 2.44. The van der Waals surface area contributed by atoms with Gasteiger partial charge in [-0.1, -0.05) is 39.1 Å². The lowest BCUT2D eigenvalue weighted by Gasteiger charge is -2.20. The number of aryl methyl sites for hydroxylation is 3. The average molecular weight is 751 g/mol. The van der Waals surface area contributed by atoms with E-state index in [1.165, 1.54) is 82.9 Å². The zero-order chi connectivity index (χ0) is 39.6. The van der Waals surface area contributed by atoms with Crippen LogP contribution < -0.4 is 5.32 Å². The van der Waals surface area contributed by atoms with Crippen molar-refractivity contribution in [2.45, 2.75) is 97.8 Å². The first kappa shape index (κ1) is 37.7. The molecule has 9 rings (SSSR count). The number of phenols is 2. The number of phenolic OH excluding ortho intramolecular Hbond substituents is 2. The van der Waals surface area contributed by atoms with E-state index in [-0.39, 0.29) is 23.1 Å². The van der Waals surface area contributed by atoms with Crippen molar-refractivity contribution in [1.29, 1.82) is 0 Å². The molecule has 0 saturated carbocycles. The number of aromatic nitrogens is 2. The number of ketones is 2. The van der Waals surface area contributed by atoms with Gasteiger partial charge in [-0.3, -0.25) is 9.59 Å². The monoisotopic (exact) mass is 750 g/mol. The molecule has 4 aromatic carbocycles. The van der Waals surface area contributed by atoms with E-state index in [4.69, 9.17) is 0 Å². The number of nitrogens with zero attached hydrogens (tertiary/aromatic N) is 3. The van der Waals surface area contributed by atoms with E-state index in [0.29, 0.717) is 23.2 Å². The molecule has 0 bridgehead atoms. The highest BCUT2D eigenvalue weighted by Gasteiger charge is 2.26. The maximum atomic E-state index is 12.1. The Balaban J connectivity index is 0.000000158. The molecule has 290 valence electrons. The van der Waals surface area contributed by atoms with Crippen molar-refractivity contribution >= 4 is 66.3 Å². The van der Waals surface area contributed by atoms with E-state index < -0.39 is 0 Å². The fraction of sp³-hybridized carbons (Fsp3) is 0.375. The van der Waals surface area contributed by atoms with Gasteiger partial charge in [-0.2, -0.15) is 0 Å². The van der Waals surface area contributed by atoms with E-state index in [9.17, 15) is 19.8 Å². The summed E-state index contributed by atoms with van der Waals surface area (Å²) in [5.41, 5.74) is 12.7. The molecule has 6 aromatic rings. The molecule has 56 heavy (non-hydrogen) atoms. The molecule has 2 aliphatic carbocycles. The Kier molecular flexibility index (Phi) is 9.92. The topological polar surface area (TPSA) is 99.7 Å². The molecule has 0 spiro atoms. The molecule has 1 atom stereocenters. The van der Waals surface area contributed by atoms with Crippen LogP contribution in [0.4, 0.5) is 0 Å². The molecule has 2 aromatic heterocycles. The maximum Gasteiger partial charge on any atom is 0.163 e. The normalized spacial score (nSPS) is 16.8. The van der Waals surface area contributed by atoms with Crippen molar-refractivity contribution in [2.24, 2.45) is 0 Å². The number of allylic oxidation sites excluding steroid dienone is 2. The van der Waals surface area contributed by atoms with Gasteiger partial charge in [0.1, 0.15) is 11.5 Å². The SMILES string of the molecule is C=C1CCc2c1ccc1c2c2cc(C(C)=O)c(O)cc2n1CCC1CCCN1C.C=C1CCc2c1ccc1c2c2cc(C(C)=O)c(O)cc2n1CCNC(C)C. The second kappa shape index (κ2) is 14.7. The van der Waals surface area contributed by atoms with Crippen LogP contribution in [0.25, 0.3) is 54.8 Å². The third-order valence-corrected chi connectivity index (χ3v) is 12.6. The number of benzene rings is 4. The van der Waals surface area contributed by atoms with Gasteiger partial charge in [0.25, 0.3) is 0 Å². The van der Waals surface area contributed by atoms with Crippen LogP contribution in [0.2, 0.25) is 0 Å². The minimum absolute atomic E-state index is 0.0527. The van der Waals surface area contributed by atoms with Crippen LogP contribution in [0.3, 0.4) is 0 Å². The fourth-order valence-electron chi connectivity index (χ4n) is 9.72. The zero-order valence-electron chi connectivity index (χ0n) is 33.5. The lowest BCUT2D eigenvalue weighted by atomic mass is 10.00. The molecule has 0 radical (unpaired) electrons. The summed E-state index contributed by atoms with van der Waals surface area (Å²) in [6.45, 7) is 19.5. The summed E-state index contributed by atoms with van der Waals surface area (Å²) in [4.78, 5) is 26.5. The first-order valence-corrected chi connectivity index (χ1v) is 20.3. The van der Waals surface area contributed by atoms with Gasteiger partial charge in [0.2, 0.25) is 0 Å². The molecule has 1 unspecified atom stereocenters. The molecule has 0 amide bonds. The van der Waals surface area contributed by atoms with Gasteiger partial charge in [-0.25, -0.2) is 0 Å². The van der Waals surface area contributed by atoms with Gasteiger partial charge in [-0.05, 0) is 130 Å². The first-order chi connectivity index (χ1) is 26.8. The highest BCUT2D eigenvalue weighted by atomic mass is 16.3. The molecule has 3 N–H and O–H groups in total. The Morgan fingerprint density at radius 1 is 0.750 bits per heavy atom. The van der Waals surface area contributed by atoms with Gasteiger partial charge >= 0.3 is 0 Å². The molecule has 1 aliphatic heterocycles. The van der Waals surface area contributed by atoms with Gasteiger partial charge in [0.05, 0.1) is 22.2 Å². The van der Waals surface area contributed by atoms with Gasteiger partial charge < -0.3 is 29.6 Å². The predicted octanol–water partition coefficient (Wildman–Crippen LogP) is 9.81. The lowest BCUT2D eigenvalue weighted by Crippen LogP contribution is -2.26. The Labute approximate surface area is 329 Å². The number of carbonyl (C=O) groups is 2. The Bertz CT molecular complexity index is 2620. The van der Waals surface area contributed by atoms with Gasteiger partial charge in [0, 0.05) is 76.4 Å². The predicted molar refractivity (Wildman–Crippen MR) is 230 cm³/mol. The number of hydrogen-bond acceptors (Lipinski definition) is 6. The zero-order valence-corrected chi connectivity index (χ0v) is 33.5. The summed E-state index contributed by atoms with van der Waals surface area (Å²) in [6.07, 6.45) is 7.56. The summed E-state index contributed by atoms with van der Waals surface area (Å²) >= 11 is 0. The van der Waals surface area contributed by atoms with Crippen molar-refractivity contribution in [1.82, 2.24) is 19.4 Å². The summed E-state index contributed by atoms with van der Waals surface area (Å²) in [5, 5.41) is 29.0. The summed E-state index contributed by atoms with van der Waals surface area (Å²) in [6, 6.07) is 17.1. The molecule has 8 heteroatoms. The van der Waals surface area contributed by atoms with Crippen LogP contribution in [0.5, 0.6) is 11.5 Å². The van der Waals surface area contributed by atoms with E-state index >= 15 is 0 Å². The third kappa shape index (κ3) is 6.42. The highest BCUT2D eigenvalue weighted by molar-refractivity contribution is 6.15. The summed E-state index contributed by atoms with van der Waals surface area (Å²) in [7, 11) is 2.22. The number of hydrogen-bond donors (Lipinski definition) is 3. The van der Waals surface area contributed by atoms with Crippen LogP contribution in [0, 0.1) is 0 Å². The van der Waals surface area contributed by atoms with Crippen molar-refractivity contribution < 1.29 is 19.8 Å².